The third-order valence-electron chi connectivity index (χ3n) is 6.41. The fourth-order valence-corrected chi connectivity index (χ4v) is 4.69. The number of aliphatic hydroxyl groups is 1. The fourth-order valence-electron chi connectivity index (χ4n) is 4.50. The number of amides is 1. The number of anilines is 2. The molecule has 36 heavy (non-hydrogen) atoms. The number of ether oxygens (including phenoxy) is 2. The molecule has 0 aliphatic carbocycles. The van der Waals surface area contributed by atoms with E-state index in [0.29, 0.717) is 41.5 Å². The van der Waals surface area contributed by atoms with Gasteiger partial charge in [0.15, 0.2) is 0 Å². The highest BCUT2D eigenvalue weighted by molar-refractivity contribution is 6.51. The predicted molar refractivity (Wildman–Crippen MR) is 136 cm³/mol. The number of halogens is 1. The summed E-state index contributed by atoms with van der Waals surface area (Å²) in [5, 5.41) is 21.4. The van der Waals surface area contributed by atoms with Crippen LogP contribution in [-0.2, 0) is 9.59 Å². The van der Waals surface area contributed by atoms with Crippen LogP contribution in [0.1, 0.15) is 17.2 Å². The van der Waals surface area contributed by atoms with E-state index < -0.39 is 17.7 Å². The molecule has 0 saturated carbocycles. The first-order valence-corrected chi connectivity index (χ1v) is 11.6. The molecule has 0 radical (unpaired) electrons. The first-order chi connectivity index (χ1) is 17.3. The highest BCUT2D eigenvalue weighted by Crippen LogP contribution is 2.44. The SMILES string of the molecule is COc1ccc(N2C(=O)C(=O)/C(=C(\O)c3ccc4c(c3)N(C)CCO4)C2c2ccc(O)c(Cl)c2)cc1. The van der Waals surface area contributed by atoms with E-state index in [9.17, 15) is 19.8 Å². The molecule has 5 rings (SSSR count). The molecule has 0 aromatic heterocycles. The van der Waals surface area contributed by atoms with Gasteiger partial charge in [0.25, 0.3) is 11.7 Å². The van der Waals surface area contributed by atoms with Crippen molar-refractivity contribution in [3.8, 4) is 17.2 Å². The standard InChI is InChI=1S/C27H23ClN2O6/c1-29-11-12-36-22-10-4-16(14-20(22)29)25(32)23-24(15-3-9-21(31)19(28)13-15)30(27(34)26(23)33)17-5-7-18(35-2)8-6-17/h3-10,13-14,24,31-32H,11-12H2,1-2H3/b25-23-. The van der Waals surface area contributed by atoms with Crippen molar-refractivity contribution in [2.24, 2.45) is 0 Å². The first kappa shape index (κ1) is 23.6. The summed E-state index contributed by atoms with van der Waals surface area (Å²) in [6.07, 6.45) is 0. The van der Waals surface area contributed by atoms with Gasteiger partial charge in [-0.25, -0.2) is 0 Å². The molecule has 184 valence electrons. The van der Waals surface area contributed by atoms with Gasteiger partial charge in [-0.05, 0) is 60.2 Å². The van der Waals surface area contributed by atoms with E-state index in [1.807, 2.05) is 11.9 Å². The van der Waals surface area contributed by atoms with Crippen LogP contribution in [0.2, 0.25) is 5.02 Å². The van der Waals surface area contributed by atoms with Gasteiger partial charge in [-0.15, -0.1) is 0 Å². The Morgan fingerprint density at radius 1 is 1.08 bits per heavy atom. The summed E-state index contributed by atoms with van der Waals surface area (Å²) >= 11 is 6.19. The number of ketones is 1. The lowest BCUT2D eigenvalue weighted by molar-refractivity contribution is -0.132. The summed E-state index contributed by atoms with van der Waals surface area (Å²) in [7, 11) is 3.44. The summed E-state index contributed by atoms with van der Waals surface area (Å²) in [6, 6.07) is 15.2. The number of likely N-dealkylation sites (N-methyl/N-ethyl adjacent to an activating group) is 1. The summed E-state index contributed by atoms with van der Waals surface area (Å²) in [5.74, 6) is -0.838. The van der Waals surface area contributed by atoms with Gasteiger partial charge >= 0.3 is 0 Å². The Balaban J connectivity index is 1.70. The number of methoxy groups -OCH3 is 1. The number of nitrogens with zero attached hydrogens (tertiary/aromatic N) is 2. The summed E-state index contributed by atoms with van der Waals surface area (Å²) in [4.78, 5) is 30.0. The quantitative estimate of drug-likeness (QED) is 0.305. The molecule has 8 nitrogen and oxygen atoms in total. The minimum absolute atomic E-state index is 0.0559. The van der Waals surface area contributed by atoms with Crippen LogP contribution in [0.5, 0.6) is 17.2 Å². The number of rotatable bonds is 4. The zero-order valence-electron chi connectivity index (χ0n) is 19.6. The molecular weight excluding hydrogens is 484 g/mol. The maximum Gasteiger partial charge on any atom is 0.300 e. The molecule has 1 amide bonds. The maximum absolute atomic E-state index is 13.4. The van der Waals surface area contributed by atoms with Crippen molar-refractivity contribution in [2.75, 3.05) is 37.1 Å². The van der Waals surface area contributed by atoms with E-state index in [1.165, 1.54) is 24.1 Å². The van der Waals surface area contributed by atoms with Gasteiger partial charge in [0.05, 0.1) is 36.0 Å². The Hall–Kier alpha value is -4.17. The third kappa shape index (κ3) is 3.89. The van der Waals surface area contributed by atoms with Crippen LogP contribution in [0.25, 0.3) is 5.76 Å². The van der Waals surface area contributed by atoms with Crippen LogP contribution >= 0.6 is 11.6 Å². The second-order valence-electron chi connectivity index (χ2n) is 8.53. The van der Waals surface area contributed by atoms with Crippen molar-refractivity contribution in [3.05, 3.63) is 82.4 Å². The molecule has 2 heterocycles. The Morgan fingerprint density at radius 2 is 1.83 bits per heavy atom. The van der Waals surface area contributed by atoms with Crippen molar-refractivity contribution in [3.63, 3.8) is 0 Å². The third-order valence-corrected chi connectivity index (χ3v) is 6.71. The molecule has 2 N–H and O–H groups in total. The maximum atomic E-state index is 13.4. The number of hydrogen-bond acceptors (Lipinski definition) is 7. The highest BCUT2D eigenvalue weighted by Gasteiger charge is 2.47. The molecule has 3 aromatic rings. The fraction of sp³-hybridized carbons (Fsp3) is 0.185. The van der Waals surface area contributed by atoms with E-state index in [0.717, 1.165) is 5.69 Å². The van der Waals surface area contributed by atoms with E-state index in [4.69, 9.17) is 21.1 Å². The van der Waals surface area contributed by atoms with Gasteiger partial charge < -0.3 is 24.6 Å². The smallest absolute Gasteiger partial charge is 0.300 e. The number of benzene rings is 3. The van der Waals surface area contributed by atoms with Gasteiger partial charge in [0, 0.05) is 18.3 Å². The van der Waals surface area contributed by atoms with Gasteiger partial charge in [-0.2, -0.15) is 0 Å². The van der Waals surface area contributed by atoms with Crippen LogP contribution in [0.3, 0.4) is 0 Å². The average Bonchev–Trinajstić information content (AvgIpc) is 3.15. The van der Waals surface area contributed by atoms with Crippen molar-refractivity contribution < 1.29 is 29.3 Å². The lowest BCUT2D eigenvalue weighted by atomic mass is 9.94. The van der Waals surface area contributed by atoms with Crippen LogP contribution in [0.15, 0.2) is 66.2 Å². The number of carbonyl (C=O) groups excluding carboxylic acids is 2. The Kier molecular flexibility index (Phi) is 5.97. The van der Waals surface area contributed by atoms with Crippen LogP contribution < -0.4 is 19.3 Å². The van der Waals surface area contributed by atoms with E-state index in [2.05, 4.69) is 0 Å². The number of hydrogen-bond donors (Lipinski definition) is 2. The largest absolute Gasteiger partial charge is 0.507 e. The van der Waals surface area contributed by atoms with Crippen molar-refractivity contribution in [1.29, 1.82) is 0 Å². The van der Waals surface area contributed by atoms with E-state index >= 15 is 0 Å². The molecule has 3 aromatic carbocycles. The molecule has 2 aliphatic rings. The summed E-state index contributed by atoms with van der Waals surface area (Å²) in [6.45, 7) is 1.22. The second kappa shape index (κ2) is 9.13. The number of carbonyl (C=O) groups is 2. The number of Topliss-reactive ketones (excluding diaryl/α,β-unsaturated/α-hetero) is 1. The molecule has 2 aliphatic heterocycles. The normalized spacial score (nSPS) is 18.7. The number of phenols is 1. The van der Waals surface area contributed by atoms with Gasteiger partial charge in [-0.3, -0.25) is 14.5 Å². The highest BCUT2D eigenvalue weighted by atomic mass is 35.5. The first-order valence-electron chi connectivity index (χ1n) is 11.2. The van der Waals surface area contributed by atoms with Crippen LogP contribution in [0, 0.1) is 0 Å². The molecule has 1 atom stereocenters. The summed E-state index contributed by atoms with van der Waals surface area (Å²) < 4.78 is 10.9. The van der Waals surface area contributed by atoms with Crippen molar-refractivity contribution in [2.45, 2.75) is 6.04 Å². The molecule has 0 bridgehead atoms. The molecular formula is C27H23ClN2O6. The van der Waals surface area contributed by atoms with Crippen molar-refractivity contribution >= 4 is 40.4 Å². The van der Waals surface area contributed by atoms with Crippen LogP contribution in [-0.4, -0.2) is 49.2 Å². The van der Waals surface area contributed by atoms with E-state index in [1.54, 1.807) is 48.5 Å². The molecule has 9 heteroatoms. The van der Waals surface area contributed by atoms with E-state index in [-0.39, 0.29) is 22.1 Å². The zero-order valence-corrected chi connectivity index (χ0v) is 20.3. The topological polar surface area (TPSA) is 99.5 Å². The number of phenolic OH excluding ortho intramolecular Hbond substituents is 1. The Morgan fingerprint density at radius 3 is 2.53 bits per heavy atom. The number of aromatic hydroxyl groups is 1. The Bertz CT molecular complexity index is 1400. The lowest BCUT2D eigenvalue weighted by Gasteiger charge is -2.28. The molecule has 0 spiro atoms. The number of aliphatic hydroxyl groups excluding tert-OH is 1. The molecule has 1 fully saturated rings. The van der Waals surface area contributed by atoms with Gasteiger partial charge in [0.1, 0.15) is 29.6 Å². The molecule has 1 saturated heterocycles. The number of fused-ring (bicyclic) bond motifs is 1. The Labute approximate surface area is 212 Å². The van der Waals surface area contributed by atoms with Gasteiger partial charge in [0.2, 0.25) is 0 Å². The zero-order chi connectivity index (χ0) is 25.6. The average molecular weight is 507 g/mol. The minimum atomic E-state index is -0.985. The lowest BCUT2D eigenvalue weighted by Crippen LogP contribution is -2.29. The monoisotopic (exact) mass is 506 g/mol. The van der Waals surface area contributed by atoms with Gasteiger partial charge in [-0.1, -0.05) is 17.7 Å². The second-order valence-corrected chi connectivity index (χ2v) is 8.94. The van der Waals surface area contributed by atoms with Crippen molar-refractivity contribution in [1.82, 2.24) is 0 Å². The predicted octanol–water partition coefficient (Wildman–Crippen LogP) is 4.51. The minimum Gasteiger partial charge on any atom is -0.507 e. The van der Waals surface area contributed by atoms with Crippen LogP contribution in [0.4, 0.5) is 11.4 Å². The summed E-state index contributed by atoms with van der Waals surface area (Å²) in [5.41, 5.74) is 1.93. The molecule has 1 unspecified atom stereocenters.